The molecule has 1 aliphatic rings. The van der Waals surface area contributed by atoms with Crippen LogP contribution in [0.5, 0.6) is 0 Å². The molecule has 0 aliphatic heterocycles. The van der Waals surface area contributed by atoms with Gasteiger partial charge in [0.25, 0.3) is 0 Å². The van der Waals surface area contributed by atoms with Crippen LogP contribution in [0.15, 0.2) is 12.7 Å². The second-order valence-corrected chi connectivity index (χ2v) is 5.10. The molecule has 1 nitrogen and oxygen atoms in total. The second kappa shape index (κ2) is 5.55. The van der Waals surface area contributed by atoms with Gasteiger partial charge in [0.15, 0.2) is 0 Å². The van der Waals surface area contributed by atoms with Crippen molar-refractivity contribution in [3.8, 4) is 0 Å². The van der Waals surface area contributed by atoms with Crippen molar-refractivity contribution in [1.82, 2.24) is 5.32 Å². The molecule has 1 saturated carbocycles. The molecule has 0 saturated heterocycles. The number of nitrogens with one attached hydrogen (secondary N) is 1. The van der Waals surface area contributed by atoms with E-state index < -0.39 is 0 Å². The Labute approximate surface area is 89.0 Å². The van der Waals surface area contributed by atoms with E-state index in [1.807, 2.05) is 6.08 Å². The maximum absolute atomic E-state index is 3.84. The van der Waals surface area contributed by atoms with Gasteiger partial charge in [-0.05, 0) is 50.5 Å². The summed E-state index contributed by atoms with van der Waals surface area (Å²) in [6, 6.07) is 0.651. The minimum Gasteiger partial charge on any atom is -0.316 e. The van der Waals surface area contributed by atoms with Crippen LogP contribution in [0.1, 0.15) is 39.5 Å². The zero-order valence-corrected chi connectivity index (χ0v) is 9.92. The molecule has 0 bridgehead atoms. The molecule has 0 spiro atoms. The lowest BCUT2D eigenvalue weighted by Gasteiger charge is -2.36. The SMILES string of the molecule is C=CCC(NC)C1CC(C)CC(C)C1. The summed E-state index contributed by atoms with van der Waals surface area (Å²) in [5.74, 6) is 2.67. The highest BCUT2D eigenvalue weighted by molar-refractivity contribution is 4.87. The van der Waals surface area contributed by atoms with Crippen molar-refractivity contribution in [2.24, 2.45) is 17.8 Å². The van der Waals surface area contributed by atoms with E-state index in [0.717, 1.165) is 24.2 Å². The van der Waals surface area contributed by atoms with E-state index in [2.05, 4.69) is 32.8 Å². The molecule has 1 fully saturated rings. The lowest BCUT2D eigenvalue weighted by molar-refractivity contribution is 0.180. The lowest BCUT2D eigenvalue weighted by atomic mass is 9.73. The maximum atomic E-state index is 3.84. The van der Waals surface area contributed by atoms with E-state index in [1.54, 1.807) is 0 Å². The molecule has 0 aromatic rings. The summed E-state index contributed by atoms with van der Waals surface area (Å²) in [7, 11) is 2.08. The third-order valence-corrected chi connectivity index (χ3v) is 3.58. The zero-order chi connectivity index (χ0) is 10.6. The molecule has 3 atom stereocenters. The van der Waals surface area contributed by atoms with Gasteiger partial charge in [-0.15, -0.1) is 6.58 Å². The summed E-state index contributed by atoms with van der Waals surface area (Å²) in [6.45, 7) is 8.63. The summed E-state index contributed by atoms with van der Waals surface area (Å²) < 4.78 is 0. The number of hydrogen-bond acceptors (Lipinski definition) is 1. The monoisotopic (exact) mass is 195 g/mol. The van der Waals surface area contributed by atoms with E-state index >= 15 is 0 Å². The van der Waals surface area contributed by atoms with Crippen molar-refractivity contribution in [3.63, 3.8) is 0 Å². The first-order chi connectivity index (χ1) is 6.67. The Hall–Kier alpha value is -0.300. The van der Waals surface area contributed by atoms with Gasteiger partial charge >= 0.3 is 0 Å². The Morgan fingerprint density at radius 2 is 1.86 bits per heavy atom. The summed E-state index contributed by atoms with van der Waals surface area (Å²) in [5.41, 5.74) is 0. The second-order valence-electron chi connectivity index (χ2n) is 5.10. The fourth-order valence-corrected chi connectivity index (χ4v) is 3.06. The molecule has 0 aromatic carbocycles. The predicted molar refractivity (Wildman–Crippen MR) is 63.3 cm³/mol. The van der Waals surface area contributed by atoms with Crippen LogP contribution in [0.25, 0.3) is 0 Å². The topological polar surface area (TPSA) is 12.0 Å². The molecule has 0 aromatic heterocycles. The fourth-order valence-electron chi connectivity index (χ4n) is 3.06. The van der Waals surface area contributed by atoms with Gasteiger partial charge in [0.05, 0.1) is 0 Å². The van der Waals surface area contributed by atoms with Gasteiger partial charge in [0.1, 0.15) is 0 Å². The lowest BCUT2D eigenvalue weighted by Crippen LogP contribution is -2.37. The molecule has 1 aliphatic carbocycles. The normalized spacial score (nSPS) is 35.2. The quantitative estimate of drug-likeness (QED) is 0.679. The van der Waals surface area contributed by atoms with Crippen LogP contribution in [0, 0.1) is 17.8 Å². The van der Waals surface area contributed by atoms with Crippen molar-refractivity contribution in [2.45, 2.75) is 45.6 Å². The van der Waals surface area contributed by atoms with Crippen molar-refractivity contribution < 1.29 is 0 Å². The smallest absolute Gasteiger partial charge is 0.0127 e. The van der Waals surface area contributed by atoms with Crippen LogP contribution < -0.4 is 5.32 Å². The molecule has 14 heavy (non-hydrogen) atoms. The van der Waals surface area contributed by atoms with Gasteiger partial charge in [0, 0.05) is 6.04 Å². The van der Waals surface area contributed by atoms with Gasteiger partial charge in [-0.2, -0.15) is 0 Å². The Kier molecular flexibility index (Phi) is 4.67. The minimum atomic E-state index is 0.651. The average Bonchev–Trinajstić information content (AvgIpc) is 2.12. The van der Waals surface area contributed by atoms with Crippen LogP contribution in [0.2, 0.25) is 0 Å². The van der Waals surface area contributed by atoms with Crippen LogP contribution in [-0.2, 0) is 0 Å². The van der Waals surface area contributed by atoms with Crippen molar-refractivity contribution in [2.75, 3.05) is 7.05 Å². The maximum Gasteiger partial charge on any atom is 0.0127 e. The summed E-state index contributed by atoms with van der Waals surface area (Å²) in [6.07, 6.45) is 7.36. The van der Waals surface area contributed by atoms with Crippen LogP contribution in [-0.4, -0.2) is 13.1 Å². The van der Waals surface area contributed by atoms with E-state index in [-0.39, 0.29) is 0 Å². The van der Waals surface area contributed by atoms with Crippen molar-refractivity contribution in [1.29, 1.82) is 0 Å². The van der Waals surface area contributed by atoms with Crippen molar-refractivity contribution in [3.05, 3.63) is 12.7 Å². The van der Waals surface area contributed by atoms with Gasteiger partial charge in [-0.3, -0.25) is 0 Å². The highest BCUT2D eigenvalue weighted by Gasteiger charge is 2.28. The summed E-state index contributed by atoms with van der Waals surface area (Å²) in [5, 5.41) is 3.44. The Morgan fingerprint density at radius 1 is 1.29 bits per heavy atom. The van der Waals surface area contributed by atoms with E-state index in [1.165, 1.54) is 19.3 Å². The number of hydrogen-bond donors (Lipinski definition) is 1. The standard InChI is InChI=1S/C13H25N/c1-5-6-13(14-4)12-8-10(2)7-11(3)9-12/h5,10-14H,1,6-9H2,2-4H3. The highest BCUT2D eigenvalue weighted by atomic mass is 14.9. The molecule has 1 N–H and O–H groups in total. The molecule has 82 valence electrons. The molecule has 3 unspecified atom stereocenters. The van der Waals surface area contributed by atoms with Gasteiger partial charge in [0.2, 0.25) is 0 Å². The first-order valence-electron chi connectivity index (χ1n) is 5.95. The van der Waals surface area contributed by atoms with Gasteiger partial charge < -0.3 is 5.32 Å². The zero-order valence-electron chi connectivity index (χ0n) is 9.92. The van der Waals surface area contributed by atoms with Gasteiger partial charge in [-0.1, -0.05) is 19.9 Å². The fraction of sp³-hybridized carbons (Fsp3) is 0.846. The summed E-state index contributed by atoms with van der Waals surface area (Å²) >= 11 is 0. The molecular weight excluding hydrogens is 170 g/mol. The molecule has 0 amide bonds. The third-order valence-electron chi connectivity index (χ3n) is 3.58. The van der Waals surface area contributed by atoms with E-state index in [9.17, 15) is 0 Å². The largest absolute Gasteiger partial charge is 0.316 e. The molecule has 0 heterocycles. The Morgan fingerprint density at radius 3 is 2.29 bits per heavy atom. The average molecular weight is 195 g/mol. The summed E-state index contributed by atoms with van der Waals surface area (Å²) in [4.78, 5) is 0. The molecule has 0 radical (unpaired) electrons. The van der Waals surface area contributed by atoms with E-state index in [4.69, 9.17) is 0 Å². The van der Waals surface area contributed by atoms with Crippen LogP contribution in [0.3, 0.4) is 0 Å². The first kappa shape index (κ1) is 11.8. The first-order valence-corrected chi connectivity index (χ1v) is 5.95. The predicted octanol–water partition coefficient (Wildman–Crippen LogP) is 3.22. The van der Waals surface area contributed by atoms with Crippen molar-refractivity contribution >= 4 is 0 Å². The molecular formula is C13H25N. The van der Waals surface area contributed by atoms with Crippen LogP contribution >= 0.6 is 0 Å². The molecule has 1 heteroatoms. The molecule has 1 rings (SSSR count). The van der Waals surface area contributed by atoms with Crippen LogP contribution in [0.4, 0.5) is 0 Å². The van der Waals surface area contributed by atoms with Gasteiger partial charge in [-0.25, -0.2) is 0 Å². The van der Waals surface area contributed by atoms with E-state index in [0.29, 0.717) is 6.04 Å². The highest BCUT2D eigenvalue weighted by Crippen LogP contribution is 2.35. The number of rotatable bonds is 4. The third kappa shape index (κ3) is 3.13. The Balaban J connectivity index is 2.51. The Bertz CT molecular complexity index is 166. The minimum absolute atomic E-state index is 0.651.